The molecule has 0 fully saturated rings. The third kappa shape index (κ3) is 3.35. The smallest absolute Gasteiger partial charge is 0.128 e. The summed E-state index contributed by atoms with van der Waals surface area (Å²) in [6, 6.07) is 18.4. The molecule has 1 nitrogen and oxygen atoms in total. The molecule has 18 heavy (non-hydrogen) atoms. The van der Waals surface area contributed by atoms with E-state index in [1.165, 1.54) is 9.14 Å². The topological polar surface area (TPSA) is 9.23 Å². The molecule has 0 amide bonds. The van der Waals surface area contributed by atoms with Gasteiger partial charge in [-0.15, -0.1) is 0 Å². The highest BCUT2D eigenvalue weighted by Gasteiger charge is 2.05. The van der Waals surface area contributed by atoms with E-state index in [1.807, 2.05) is 43.3 Å². The summed E-state index contributed by atoms with van der Waals surface area (Å²) in [5.41, 5.74) is 2.33. The van der Waals surface area contributed by atoms with Gasteiger partial charge in [0, 0.05) is 9.14 Å². The van der Waals surface area contributed by atoms with Crippen molar-refractivity contribution >= 4 is 26.2 Å². The monoisotopic (exact) mass is 350 g/mol. The van der Waals surface area contributed by atoms with Crippen LogP contribution in [0.1, 0.15) is 18.1 Å². The molecule has 0 radical (unpaired) electrons. The van der Waals surface area contributed by atoms with Crippen molar-refractivity contribution in [2.24, 2.45) is 0 Å². The van der Waals surface area contributed by atoms with Gasteiger partial charge in [0.15, 0.2) is 0 Å². The van der Waals surface area contributed by atoms with Crippen LogP contribution >= 0.6 is 22.6 Å². The van der Waals surface area contributed by atoms with Crippen LogP contribution in [0, 0.1) is 0 Å². The van der Waals surface area contributed by atoms with Crippen LogP contribution in [0.15, 0.2) is 60.7 Å². The molecule has 0 spiro atoms. The Bertz CT molecular complexity index is 532. The third-order valence-corrected chi connectivity index (χ3v) is 3.84. The van der Waals surface area contributed by atoms with Gasteiger partial charge in [0.2, 0.25) is 0 Å². The minimum absolute atomic E-state index is 0.603. The zero-order chi connectivity index (χ0) is 12.8. The molecule has 0 heterocycles. The van der Waals surface area contributed by atoms with Crippen molar-refractivity contribution in [3.63, 3.8) is 0 Å². The predicted octanol–water partition coefficient (Wildman–Crippen LogP) is 5.06. The fourth-order valence-electron chi connectivity index (χ4n) is 1.68. The van der Waals surface area contributed by atoms with Gasteiger partial charge in [0.25, 0.3) is 0 Å². The van der Waals surface area contributed by atoms with Crippen molar-refractivity contribution in [2.75, 3.05) is 0 Å². The summed E-state index contributed by atoms with van der Waals surface area (Å²) >= 11 is 2.33. The second-order valence-electron chi connectivity index (χ2n) is 3.91. The van der Waals surface area contributed by atoms with Crippen LogP contribution in [-0.4, -0.2) is 0 Å². The Morgan fingerprint density at radius 1 is 1.06 bits per heavy atom. The van der Waals surface area contributed by atoms with E-state index >= 15 is 0 Å². The van der Waals surface area contributed by atoms with E-state index in [2.05, 4.69) is 46.9 Å². The average Bonchev–Trinajstić information content (AvgIpc) is 2.45. The summed E-state index contributed by atoms with van der Waals surface area (Å²) in [5, 5.41) is 0. The molecule has 2 heteroatoms. The Morgan fingerprint density at radius 3 is 2.44 bits per heavy atom. The quantitative estimate of drug-likeness (QED) is 0.701. The van der Waals surface area contributed by atoms with Gasteiger partial charge < -0.3 is 4.74 Å². The molecular weight excluding hydrogens is 335 g/mol. The first-order valence-electron chi connectivity index (χ1n) is 5.89. The molecule has 0 saturated heterocycles. The van der Waals surface area contributed by atoms with Crippen molar-refractivity contribution in [3.05, 3.63) is 71.8 Å². The molecule has 0 N–H and O–H groups in total. The summed E-state index contributed by atoms with van der Waals surface area (Å²) in [4.78, 5) is 0. The number of halogens is 1. The van der Waals surface area contributed by atoms with Crippen molar-refractivity contribution in [2.45, 2.75) is 13.5 Å². The molecule has 0 aromatic heterocycles. The lowest BCUT2D eigenvalue weighted by Crippen LogP contribution is -1.97. The summed E-state index contributed by atoms with van der Waals surface area (Å²) in [6.07, 6.45) is 2.09. The van der Waals surface area contributed by atoms with Gasteiger partial charge in [-0.25, -0.2) is 0 Å². The van der Waals surface area contributed by atoms with Crippen LogP contribution in [0.3, 0.4) is 0 Å². The summed E-state index contributed by atoms with van der Waals surface area (Å²) < 4.78 is 7.11. The molecule has 2 aromatic rings. The first kappa shape index (κ1) is 13.1. The molecule has 2 aromatic carbocycles. The van der Waals surface area contributed by atoms with E-state index in [0.717, 1.165) is 11.3 Å². The fourth-order valence-corrected chi connectivity index (χ4v) is 2.13. The molecular formula is C16H15IO. The zero-order valence-corrected chi connectivity index (χ0v) is 12.4. The predicted molar refractivity (Wildman–Crippen MR) is 84.9 cm³/mol. The van der Waals surface area contributed by atoms with Crippen LogP contribution in [0.4, 0.5) is 0 Å². The Balaban J connectivity index is 2.15. The van der Waals surface area contributed by atoms with Gasteiger partial charge in [-0.05, 0) is 41.1 Å². The molecule has 0 unspecified atom stereocenters. The maximum atomic E-state index is 5.90. The molecule has 0 bridgehead atoms. The second-order valence-corrected chi connectivity index (χ2v) is 5.07. The van der Waals surface area contributed by atoms with Crippen molar-refractivity contribution < 1.29 is 4.74 Å². The molecule has 92 valence electrons. The summed E-state index contributed by atoms with van der Waals surface area (Å²) in [5.74, 6) is 0.934. The highest BCUT2D eigenvalue weighted by molar-refractivity contribution is 14.1. The SMILES string of the molecule is C/C=C(/I)c1ccccc1OCc1ccccc1. The van der Waals surface area contributed by atoms with Gasteiger partial charge in [-0.2, -0.15) is 0 Å². The number of rotatable bonds is 4. The average molecular weight is 350 g/mol. The first-order valence-corrected chi connectivity index (χ1v) is 6.97. The second kappa shape index (κ2) is 6.59. The van der Waals surface area contributed by atoms with Crippen LogP contribution in [0.5, 0.6) is 5.75 Å². The standard InChI is InChI=1S/C16H15IO/c1-2-15(17)14-10-6-7-11-16(14)18-12-13-8-4-3-5-9-13/h2-11H,12H2,1H3/b15-2+. The Labute approximate surface area is 122 Å². The Hall–Kier alpha value is -1.29. The van der Waals surface area contributed by atoms with Gasteiger partial charge in [-0.3, -0.25) is 0 Å². The fraction of sp³-hybridized carbons (Fsp3) is 0.125. The van der Waals surface area contributed by atoms with Crippen molar-refractivity contribution in [1.82, 2.24) is 0 Å². The van der Waals surface area contributed by atoms with E-state index in [4.69, 9.17) is 4.74 Å². The largest absolute Gasteiger partial charge is 0.488 e. The van der Waals surface area contributed by atoms with E-state index in [0.29, 0.717) is 6.61 Å². The highest BCUT2D eigenvalue weighted by atomic mass is 127. The molecule has 0 saturated carbocycles. The molecule has 0 aliphatic carbocycles. The van der Waals surface area contributed by atoms with Crippen LogP contribution in [-0.2, 0) is 6.61 Å². The lowest BCUT2D eigenvalue weighted by atomic mass is 10.2. The van der Waals surface area contributed by atoms with E-state index in [-0.39, 0.29) is 0 Å². The Morgan fingerprint density at radius 2 is 1.72 bits per heavy atom. The molecule has 0 atom stereocenters. The number of hydrogen-bond acceptors (Lipinski definition) is 1. The normalized spacial score (nSPS) is 11.3. The van der Waals surface area contributed by atoms with Gasteiger partial charge in [0.05, 0.1) is 0 Å². The molecule has 0 aliphatic heterocycles. The van der Waals surface area contributed by atoms with Gasteiger partial charge in [0.1, 0.15) is 12.4 Å². The van der Waals surface area contributed by atoms with Crippen molar-refractivity contribution in [3.8, 4) is 5.75 Å². The molecule has 2 rings (SSSR count). The van der Waals surface area contributed by atoms with Gasteiger partial charge >= 0.3 is 0 Å². The molecule has 0 aliphatic rings. The highest BCUT2D eigenvalue weighted by Crippen LogP contribution is 2.30. The van der Waals surface area contributed by atoms with E-state index in [9.17, 15) is 0 Å². The number of ether oxygens (including phenoxy) is 1. The number of allylic oxidation sites excluding steroid dienone is 1. The van der Waals surface area contributed by atoms with Crippen LogP contribution < -0.4 is 4.74 Å². The minimum atomic E-state index is 0.603. The lowest BCUT2D eigenvalue weighted by molar-refractivity contribution is 0.305. The number of para-hydroxylation sites is 1. The zero-order valence-electron chi connectivity index (χ0n) is 10.3. The number of hydrogen-bond donors (Lipinski definition) is 0. The lowest BCUT2D eigenvalue weighted by Gasteiger charge is -2.11. The number of benzene rings is 2. The van der Waals surface area contributed by atoms with E-state index in [1.54, 1.807) is 0 Å². The Kier molecular flexibility index (Phi) is 4.81. The summed E-state index contributed by atoms with van der Waals surface area (Å²) in [7, 11) is 0. The maximum absolute atomic E-state index is 5.90. The maximum Gasteiger partial charge on any atom is 0.128 e. The van der Waals surface area contributed by atoms with Crippen molar-refractivity contribution in [1.29, 1.82) is 0 Å². The van der Waals surface area contributed by atoms with Gasteiger partial charge in [-0.1, -0.05) is 54.6 Å². The minimum Gasteiger partial charge on any atom is -0.488 e. The third-order valence-electron chi connectivity index (χ3n) is 2.63. The van der Waals surface area contributed by atoms with Crippen LogP contribution in [0.2, 0.25) is 0 Å². The van der Waals surface area contributed by atoms with Crippen LogP contribution in [0.25, 0.3) is 3.58 Å². The van der Waals surface area contributed by atoms with E-state index < -0.39 is 0 Å². The first-order chi connectivity index (χ1) is 8.81. The summed E-state index contributed by atoms with van der Waals surface area (Å²) in [6.45, 7) is 2.64.